The number of hydrogen-bond acceptors (Lipinski definition) is 1. The minimum Gasteiger partial charge on any atom is -0.377 e. The summed E-state index contributed by atoms with van der Waals surface area (Å²) >= 11 is 0. The first-order chi connectivity index (χ1) is 8.93. The SMILES string of the molecule is C[C@@H]1[C@H]2C[C@H](C[C@]2(O)C#Cc2ccccc2)C1(C)C. The van der Waals surface area contributed by atoms with Gasteiger partial charge in [0.2, 0.25) is 0 Å². The average Bonchev–Trinajstić information content (AvgIpc) is 2.85. The smallest absolute Gasteiger partial charge is 0.129 e. The topological polar surface area (TPSA) is 20.2 Å². The molecule has 1 aromatic carbocycles. The van der Waals surface area contributed by atoms with Crippen LogP contribution >= 0.6 is 0 Å². The van der Waals surface area contributed by atoms with Crippen LogP contribution in [-0.2, 0) is 0 Å². The highest BCUT2D eigenvalue weighted by Gasteiger charge is 2.60. The first kappa shape index (κ1) is 12.8. The summed E-state index contributed by atoms with van der Waals surface area (Å²) in [5, 5.41) is 10.9. The van der Waals surface area contributed by atoms with Crippen molar-refractivity contribution >= 4 is 0 Å². The standard InChI is InChI=1S/C18H22O/c1-13-16-11-15(17(13,2)3)12-18(16,19)10-9-14-7-5-4-6-8-14/h4-8,13,15-16,19H,11-12H2,1-3H3/t13-,15-,16-,18-/m1/s1. The third kappa shape index (κ3) is 1.90. The molecule has 3 rings (SSSR count). The lowest BCUT2D eigenvalue weighted by atomic mass is 9.65. The molecule has 0 aliphatic heterocycles. The van der Waals surface area contributed by atoms with Gasteiger partial charge in [0.05, 0.1) is 0 Å². The Morgan fingerprint density at radius 1 is 1.21 bits per heavy atom. The summed E-state index contributed by atoms with van der Waals surface area (Å²) in [5.41, 5.74) is 0.575. The zero-order chi connectivity index (χ0) is 13.7. The molecule has 0 heterocycles. The van der Waals surface area contributed by atoms with Gasteiger partial charge in [-0.3, -0.25) is 0 Å². The molecule has 0 saturated heterocycles. The van der Waals surface area contributed by atoms with Gasteiger partial charge in [0, 0.05) is 11.5 Å². The molecule has 19 heavy (non-hydrogen) atoms. The van der Waals surface area contributed by atoms with E-state index >= 15 is 0 Å². The van der Waals surface area contributed by atoms with Crippen LogP contribution in [0.5, 0.6) is 0 Å². The van der Waals surface area contributed by atoms with Crippen LogP contribution < -0.4 is 0 Å². The molecule has 0 aromatic heterocycles. The van der Waals surface area contributed by atoms with E-state index in [0.717, 1.165) is 18.4 Å². The number of fused-ring (bicyclic) bond motifs is 2. The van der Waals surface area contributed by atoms with Crippen molar-refractivity contribution in [1.29, 1.82) is 0 Å². The highest BCUT2D eigenvalue weighted by Crippen LogP contribution is 2.62. The molecule has 2 aliphatic carbocycles. The van der Waals surface area contributed by atoms with Crippen LogP contribution in [0.3, 0.4) is 0 Å². The van der Waals surface area contributed by atoms with Crippen molar-refractivity contribution < 1.29 is 5.11 Å². The fourth-order valence-corrected chi connectivity index (χ4v) is 4.03. The Hall–Kier alpha value is -1.26. The molecule has 0 spiro atoms. The fraction of sp³-hybridized carbons (Fsp3) is 0.556. The van der Waals surface area contributed by atoms with Gasteiger partial charge in [0.25, 0.3) is 0 Å². The first-order valence-electron chi connectivity index (χ1n) is 7.24. The lowest BCUT2D eigenvalue weighted by Crippen LogP contribution is -2.44. The van der Waals surface area contributed by atoms with Gasteiger partial charge >= 0.3 is 0 Å². The fourth-order valence-electron chi connectivity index (χ4n) is 4.03. The average molecular weight is 254 g/mol. The van der Waals surface area contributed by atoms with Crippen LogP contribution in [0.4, 0.5) is 0 Å². The number of hydrogen-bond donors (Lipinski definition) is 1. The van der Waals surface area contributed by atoms with Crippen LogP contribution in [0.15, 0.2) is 30.3 Å². The summed E-state index contributed by atoms with van der Waals surface area (Å²) in [4.78, 5) is 0. The van der Waals surface area contributed by atoms with E-state index < -0.39 is 5.60 Å². The largest absolute Gasteiger partial charge is 0.377 e. The summed E-state index contributed by atoms with van der Waals surface area (Å²) in [5.74, 6) is 7.83. The van der Waals surface area contributed by atoms with Gasteiger partial charge in [-0.2, -0.15) is 0 Å². The van der Waals surface area contributed by atoms with Crippen LogP contribution in [0.2, 0.25) is 0 Å². The summed E-state index contributed by atoms with van der Waals surface area (Å²) < 4.78 is 0. The second kappa shape index (κ2) is 4.12. The van der Waals surface area contributed by atoms with Crippen LogP contribution in [0, 0.1) is 35.0 Å². The Morgan fingerprint density at radius 3 is 2.47 bits per heavy atom. The molecule has 0 unspecified atom stereocenters. The predicted octanol–water partition coefficient (Wildman–Crippen LogP) is 3.47. The van der Waals surface area contributed by atoms with Gasteiger partial charge in [-0.25, -0.2) is 0 Å². The molecule has 1 nitrogen and oxygen atoms in total. The Balaban J connectivity index is 1.86. The zero-order valence-electron chi connectivity index (χ0n) is 12.0. The zero-order valence-corrected chi connectivity index (χ0v) is 12.0. The van der Waals surface area contributed by atoms with Gasteiger partial charge in [0.15, 0.2) is 0 Å². The number of benzene rings is 1. The molecule has 2 saturated carbocycles. The third-order valence-corrected chi connectivity index (χ3v) is 5.74. The summed E-state index contributed by atoms with van der Waals surface area (Å²) in [6.07, 6.45) is 1.98. The van der Waals surface area contributed by atoms with E-state index in [0.29, 0.717) is 23.2 Å². The summed E-state index contributed by atoms with van der Waals surface area (Å²) in [6, 6.07) is 9.96. The maximum atomic E-state index is 10.9. The monoisotopic (exact) mass is 254 g/mol. The quantitative estimate of drug-likeness (QED) is 0.703. The molecule has 0 amide bonds. The predicted molar refractivity (Wildman–Crippen MR) is 77.4 cm³/mol. The van der Waals surface area contributed by atoms with Gasteiger partial charge in [-0.1, -0.05) is 50.8 Å². The Bertz CT molecular complexity index is 530. The van der Waals surface area contributed by atoms with E-state index in [4.69, 9.17) is 0 Å². The van der Waals surface area contributed by atoms with E-state index in [1.165, 1.54) is 0 Å². The lowest BCUT2D eigenvalue weighted by Gasteiger charge is -2.42. The molecule has 2 aliphatic rings. The van der Waals surface area contributed by atoms with Crippen LogP contribution in [-0.4, -0.2) is 10.7 Å². The Labute approximate surface area is 116 Å². The van der Waals surface area contributed by atoms with Gasteiger partial charge in [-0.05, 0) is 42.2 Å². The molecule has 100 valence electrons. The van der Waals surface area contributed by atoms with E-state index in [1.807, 2.05) is 30.3 Å². The number of aliphatic hydroxyl groups is 1. The molecule has 1 heteroatoms. The Morgan fingerprint density at radius 2 is 1.89 bits per heavy atom. The molecule has 0 radical (unpaired) electrons. The molecule has 1 aromatic rings. The highest BCUT2D eigenvalue weighted by atomic mass is 16.3. The van der Waals surface area contributed by atoms with Crippen molar-refractivity contribution in [3.05, 3.63) is 35.9 Å². The summed E-state index contributed by atoms with van der Waals surface area (Å²) in [6.45, 7) is 6.96. The molecular weight excluding hydrogens is 232 g/mol. The minimum atomic E-state index is -0.768. The molecule has 2 fully saturated rings. The first-order valence-corrected chi connectivity index (χ1v) is 7.24. The van der Waals surface area contributed by atoms with Crippen molar-refractivity contribution in [3.63, 3.8) is 0 Å². The lowest BCUT2D eigenvalue weighted by molar-refractivity contribution is -0.0250. The van der Waals surface area contributed by atoms with Crippen molar-refractivity contribution in [2.45, 2.75) is 39.2 Å². The summed E-state index contributed by atoms with van der Waals surface area (Å²) in [7, 11) is 0. The van der Waals surface area contributed by atoms with Gasteiger partial charge in [-0.15, -0.1) is 0 Å². The Kier molecular flexibility index (Phi) is 2.76. The van der Waals surface area contributed by atoms with E-state index in [9.17, 15) is 5.11 Å². The maximum Gasteiger partial charge on any atom is 0.129 e. The van der Waals surface area contributed by atoms with E-state index in [1.54, 1.807) is 0 Å². The van der Waals surface area contributed by atoms with E-state index in [2.05, 4.69) is 32.6 Å². The molecule has 2 bridgehead atoms. The van der Waals surface area contributed by atoms with Crippen molar-refractivity contribution in [2.24, 2.45) is 23.2 Å². The molecular formula is C18H22O. The van der Waals surface area contributed by atoms with Gasteiger partial charge in [0.1, 0.15) is 5.60 Å². The second-order valence-electron chi connectivity index (χ2n) is 6.89. The van der Waals surface area contributed by atoms with Crippen LogP contribution in [0.25, 0.3) is 0 Å². The van der Waals surface area contributed by atoms with E-state index in [-0.39, 0.29) is 0 Å². The van der Waals surface area contributed by atoms with Crippen LogP contribution in [0.1, 0.15) is 39.2 Å². The van der Waals surface area contributed by atoms with Crippen molar-refractivity contribution in [3.8, 4) is 11.8 Å². The minimum absolute atomic E-state index is 0.337. The molecule has 1 N–H and O–H groups in total. The molecule has 4 atom stereocenters. The highest BCUT2D eigenvalue weighted by molar-refractivity contribution is 5.37. The third-order valence-electron chi connectivity index (χ3n) is 5.74. The maximum absolute atomic E-state index is 10.9. The number of rotatable bonds is 0. The van der Waals surface area contributed by atoms with Crippen molar-refractivity contribution in [2.75, 3.05) is 0 Å². The van der Waals surface area contributed by atoms with Crippen molar-refractivity contribution in [1.82, 2.24) is 0 Å². The normalized spacial score (nSPS) is 38.8. The van der Waals surface area contributed by atoms with Gasteiger partial charge < -0.3 is 5.11 Å². The second-order valence-corrected chi connectivity index (χ2v) is 6.89.